The van der Waals surface area contributed by atoms with Gasteiger partial charge in [-0.1, -0.05) is 123 Å². The Balaban J connectivity index is 1.89. The van der Waals surface area contributed by atoms with E-state index in [1.807, 2.05) is 0 Å². The second kappa shape index (κ2) is 29.7. The Morgan fingerprint density at radius 2 is 0.927 bits per heavy atom. The second-order valence-electron chi connectivity index (χ2n) is 15.2. The van der Waals surface area contributed by atoms with Gasteiger partial charge in [-0.05, 0) is 12.8 Å². The van der Waals surface area contributed by atoms with Crippen LogP contribution in [0, 0.1) is 0 Å². The topological polar surface area (TPSA) is 231 Å². The van der Waals surface area contributed by atoms with Crippen LogP contribution in [0.2, 0.25) is 0 Å². The summed E-state index contributed by atoms with van der Waals surface area (Å²) in [5.74, 6) is -0.925. The van der Waals surface area contributed by atoms with Gasteiger partial charge in [0.05, 0.1) is 19.8 Å². The first kappa shape index (κ1) is 49.6. The lowest BCUT2D eigenvalue weighted by Crippen LogP contribution is -2.61. The van der Waals surface area contributed by atoms with Crippen LogP contribution in [-0.2, 0) is 38.0 Å². The summed E-state index contributed by atoms with van der Waals surface area (Å²) in [6.07, 6.45) is 4.60. The summed E-state index contributed by atoms with van der Waals surface area (Å²) in [5, 5.41) is 71.6. The molecule has 4 unspecified atom stereocenters. The molecule has 2 heterocycles. The molecule has 2 saturated heterocycles. The monoisotopic (exact) mass is 795 g/mol. The Morgan fingerprint density at radius 3 is 1.42 bits per heavy atom. The van der Waals surface area contributed by atoms with Gasteiger partial charge in [0.2, 0.25) is 0 Å². The molecule has 0 spiro atoms. The molecule has 2 rings (SSSR count). The molecule has 0 aliphatic carbocycles. The predicted molar refractivity (Wildman–Crippen MR) is 201 cm³/mol. The van der Waals surface area contributed by atoms with E-state index in [0.29, 0.717) is 12.8 Å². The van der Waals surface area contributed by atoms with E-state index in [9.17, 15) is 45.3 Å². The maximum absolute atomic E-state index is 12.8. The summed E-state index contributed by atoms with van der Waals surface area (Å²) in [6.45, 7) is 2.52. The molecule has 2 fully saturated rings. The van der Waals surface area contributed by atoms with Crippen LogP contribution in [0.4, 0.5) is 0 Å². The highest BCUT2D eigenvalue weighted by Crippen LogP contribution is 2.26. The summed E-state index contributed by atoms with van der Waals surface area (Å²) in [7, 11) is 0. The average molecular weight is 795 g/mol. The van der Waals surface area contributed by atoms with Crippen LogP contribution in [-0.4, -0.2) is 142 Å². The van der Waals surface area contributed by atoms with Crippen LogP contribution in [0.5, 0.6) is 0 Å². The van der Waals surface area contributed by atoms with Crippen LogP contribution in [0.25, 0.3) is 0 Å². The third kappa shape index (κ3) is 19.7. The molecular weight excluding hydrogens is 720 g/mol. The third-order valence-electron chi connectivity index (χ3n) is 10.3. The Bertz CT molecular complexity index is 986. The summed E-state index contributed by atoms with van der Waals surface area (Å²) in [6, 6.07) is 0. The summed E-state index contributed by atoms with van der Waals surface area (Å²) < 4.78 is 33.3. The lowest BCUT2D eigenvalue weighted by Gasteiger charge is -2.42. The lowest BCUT2D eigenvalue weighted by molar-refractivity contribution is -0.332. The highest BCUT2D eigenvalue weighted by Gasteiger charge is 2.47. The Labute approximate surface area is 328 Å². The van der Waals surface area contributed by atoms with Crippen molar-refractivity contribution >= 4 is 11.9 Å². The van der Waals surface area contributed by atoms with Crippen molar-refractivity contribution in [1.29, 1.82) is 0 Å². The molecule has 15 nitrogen and oxygen atoms in total. The molecule has 0 aromatic rings. The third-order valence-corrected chi connectivity index (χ3v) is 10.3. The number of aliphatic hydroxyl groups excluding tert-OH is 7. The Morgan fingerprint density at radius 1 is 0.509 bits per heavy atom. The zero-order valence-corrected chi connectivity index (χ0v) is 33.4. The first-order chi connectivity index (χ1) is 26.5. The van der Waals surface area contributed by atoms with Gasteiger partial charge in [-0.2, -0.15) is 0 Å². The van der Waals surface area contributed by atoms with E-state index in [-0.39, 0.29) is 26.1 Å². The summed E-state index contributed by atoms with van der Waals surface area (Å²) >= 11 is 0. The minimum Gasteiger partial charge on any atom is -0.462 e. The second-order valence-corrected chi connectivity index (χ2v) is 15.2. The van der Waals surface area contributed by atoms with Gasteiger partial charge in [-0.15, -0.1) is 0 Å². The van der Waals surface area contributed by atoms with Crippen LogP contribution < -0.4 is 0 Å². The summed E-state index contributed by atoms with van der Waals surface area (Å²) in [4.78, 5) is 25.4. The molecule has 0 bridgehead atoms. The number of ether oxygens (including phenoxy) is 6. The van der Waals surface area contributed by atoms with Crippen molar-refractivity contribution in [2.45, 2.75) is 216 Å². The minimum absolute atomic E-state index is 0.170. The molecule has 55 heavy (non-hydrogen) atoms. The molecule has 2 aliphatic rings. The smallest absolute Gasteiger partial charge is 0.306 e. The first-order valence-corrected chi connectivity index (χ1v) is 21.1. The van der Waals surface area contributed by atoms with E-state index >= 15 is 0 Å². The zero-order valence-electron chi connectivity index (χ0n) is 33.4. The first-order valence-electron chi connectivity index (χ1n) is 21.1. The van der Waals surface area contributed by atoms with E-state index in [1.165, 1.54) is 70.6 Å². The standard InChI is InChI=1S/C40H74O15/c1-3-5-7-9-11-13-15-16-18-20-22-31(42)50-25-28(53-32(43)23-21-19-17-14-12-10-8-6-4-2)26-51-39-38(49)36(47)34(45)30(55-39)27-52-40-37(48)35(46)33(44)29(24-41)54-40/h28-30,33-41,44-49H,3-27H2,1-2H3/t28-,29-,30-,33+,34+,35?,36?,37?,38?,39-,40-/m1/s1. The number of carbonyl (C=O) groups is 2. The van der Waals surface area contributed by atoms with Gasteiger partial charge in [0.25, 0.3) is 0 Å². The van der Waals surface area contributed by atoms with Crippen LogP contribution >= 0.6 is 0 Å². The highest BCUT2D eigenvalue weighted by atomic mass is 16.7. The number of esters is 2. The van der Waals surface area contributed by atoms with Crippen LogP contribution in [0.15, 0.2) is 0 Å². The molecule has 0 radical (unpaired) electrons. The van der Waals surface area contributed by atoms with Gasteiger partial charge in [-0.3, -0.25) is 9.59 Å². The predicted octanol–water partition coefficient (Wildman–Crippen LogP) is 3.31. The number of rotatable bonds is 31. The molecule has 15 heteroatoms. The van der Waals surface area contributed by atoms with E-state index in [4.69, 9.17) is 28.4 Å². The SMILES string of the molecule is CCCCCCCCCCCCC(=O)OC[C@H](CO[C@@H]1O[C@H](CO[C@@H]2O[C@H](CO)[C@H](O)C(O)C2O)[C@H](O)C(O)C1O)OC(=O)CCCCCCCCCCC. The van der Waals surface area contributed by atoms with Crippen molar-refractivity contribution in [3.63, 3.8) is 0 Å². The molecule has 324 valence electrons. The number of carbonyl (C=O) groups excluding carboxylic acids is 2. The largest absolute Gasteiger partial charge is 0.462 e. The molecule has 7 N–H and O–H groups in total. The molecule has 0 aromatic heterocycles. The van der Waals surface area contributed by atoms with E-state index in [0.717, 1.165) is 38.5 Å². The van der Waals surface area contributed by atoms with E-state index in [1.54, 1.807) is 0 Å². The molecule has 0 amide bonds. The van der Waals surface area contributed by atoms with Gasteiger partial charge in [0.1, 0.15) is 55.4 Å². The number of hydrogen-bond acceptors (Lipinski definition) is 15. The van der Waals surface area contributed by atoms with Crippen LogP contribution in [0.3, 0.4) is 0 Å². The Hall–Kier alpha value is -1.50. The van der Waals surface area contributed by atoms with Crippen molar-refractivity contribution in [3.8, 4) is 0 Å². The van der Waals surface area contributed by atoms with E-state index < -0.39 is 92.7 Å². The zero-order chi connectivity index (χ0) is 40.4. The highest BCUT2D eigenvalue weighted by molar-refractivity contribution is 5.70. The fraction of sp³-hybridized carbons (Fsp3) is 0.950. The fourth-order valence-electron chi connectivity index (χ4n) is 6.74. The van der Waals surface area contributed by atoms with Crippen LogP contribution in [0.1, 0.15) is 149 Å². The molecule has 11 atom stereocenters. The maximum atomic E-state index is 12.8. The molecule has 2 aliphatic heterocycles. The van der Waals surface area contributed by atoms with Gasteiger partial charge in [0.15, 0.2) is 18.7 Å². The normalized spacial score (nSPS) is 28.9. The van der Waals surface area contributed by atoms with E-state index in [2.05, 4.69) is 13.8 Å². The minimum atomic E-state index is -1.76. The van der Waals surface area contributed by atoms with Crippen molar-refractivity contribution in [3.05, 3.63) is 0 Å². The van der Waals surface area contributed by atoms with Gasteiger partial charge in [-0.25, -0.2) is 0 Å². The molecular formula is C40H74O15. The number of hydrogen-bond donors (Lipinski definition) is 7. The fourth-order valence-corrected chi connectivity index (χ4v) is 6.74. The Kier molecular flexibility index (Phi) is 26.8. The van der Waals surface area contributed by atoms with Gasteiger partial charge in [0, 0.05) is 12.8 Å². The van der Waals surface area contributed by atoms with Crippen molar-refractivity contribution in [2.24, 2.45) is 0 Å². The maximum Gasteiger partial charge on any atom is 0.306 e. The molecule has 0 saturated carbocycles. The molecule has 0 aromatic carbocycles. The van der Waals surface area contributed by atoms with Gasteiger partial charge >= 0.3 is 11.9 Å². The number of unbranched alkanes of at least 4 members (excludes halogenated alkanes) is 17. The lowest BCUT2D eigenvalue weighted by atomic mass is 9.98. The van der Waals surface area contributed by atoms with Crippen molar-refractivity contribution in [1.82, 2.24) is 0 Å². The average Bonchev–Trinajstić information content (AvgIpc) is 3.18. The van der Waals surface area contributed by atoms with Gasteiger partial charge < -0.3 is 64.2 Å². The quantitative estimate of drug-likeness (QED) is 0.0394. The van der Waals surface area contributed by atoms with Crippen molar-refractivity contribution < 1.29 is 73.8 Å². The summed E-state index contributed by atoms with van der Waals surface area (Å²) in [5.41, 5.74) is 0. The number of aliphatic hydroxyl groups is 7. The van der Waals surface area contributed by atoms with Crippen molar-refractivity contribution in [2.75, 3.05) is 26.4 Å².